The second-order valence-corrected chi connectivity index (χ2v) is 6.82. The fourth-order valence-corrected chi connectivity index (χ4v) is 3.64. The Balaban J connectivity index is 1.82. The van der Waals surface area contributed by atoms with E-state index in [1.54, 1.807) is 23.1 Å². The molecule has 0 aliphatic carbocycles. The summed E-state index contributed by atoms with van der Waals surface area (Å²) >= 11 is 0. The molecule has 0 bridgehead atoms. The third kappa shape index (κ3) is 3.52. The lowest BCUT2D eigenvalue weighted by Gasteiger charge is -2.38. The number of anilines is 2. The number of fused-ring (bicyclic) bond motifs is 1. The third-order valence-electron chi connectivity index (χ3n) is 4.98. The topological polar surface area (TPSA) is 71.0 Å². The number of rotatable bonds is 6. The summed E-state index contributed by atoms with van der Waals surface area (Å²) in [5.74, 6) is 0.978. The summed E-state index contributed by atoms with van der Waals surface area (Å²) < 4.78 is 11.1. The van der Waals surface area contributed by atoms with E-state index in [4.69, 9.17) is 9.47 Å². The Labute approximate surface area is 175 Å². The molecule has 3 aromatic carbocycles. The van der Waals surface area contributed by atoms with Gasteiger partial charge in [-0.25, -0.2) is 0 Å². The molecule has 1 amide bonds. The summed E-state index contributed by atoms with van der Waals surface area (Å²) in [5, 5.41) is 14.3. The van der Waals surface area contributed by atoms with Crippen LogP contribution in [0.15, 0.2) is 66.7 Å². The van der Waals surface area contributed by atoms with Crippen LogP contribution in [0.3, 0.4) is 0 Å². The molecule has 0 spiro atoms. The molecule has 0 radical (unpaired) electrons. The van der Waals surface area contributed by atoms with Crippen LogP contribution in [0.2, 0.25) is 0 Å². The van der Waals surface area contributed by atoms with Crippen LogP contribution < -0.4 is 19.7 Å². The first-order chi connectivity index (χ1) is 14.6. The Hall–Kier alpha value is -3.67. The van der Waals surface area contributed by atoms with Gasteiger partial charge in [0.05, 0.1) is 18.8 Å². The number of phenolic OH excluding ortho intramolecular Hbond substituents is 1. The molecule has 1 heterocycles. The molecule has 6 nitrogen and oxygen atoms in total. The van der Waals surface area contributed by atoms with Gasteiger partial charge < -0.3 is 19.9 Å². The zero-order valence-corrected chi connectivity index (χ0v) is 17.0. The molecule has 0 saturated carbocycles. The number of benzene rings is 3. The molecular weight excluding hydrogens is 380 g/mol. The standard InChI is InChI=1S/C24H24N2O4/c1-3-29-17-14-12-16(13-15-17)26-23(19-9-7-11-21(22(19)27)30-4-2)25-20-10-6-5-8-18(20)24(26)28/h5-15,23,25,27H,3-4H2,1-2H3/t23-/m1/s1. The Kier molecular flexibility index (Phi) is 5.48. The van der Waals surface area contributed by atoms with Crippen LogP contribution in [0.25, 0.3) is 0 Å². The number of ether oxygens (including phenoxy) is 2. The van der Waals surface area contributed by atoms with Gasteiger partial charge >= 0.3 is 0 Å². The molecular formula is C24H24N2O4. The van der Waals surface area contributed by atoms with Gasteiger partial charge in [-0.3, -0.25) is 9.69 Å². The van der Waals surface area contributed by atoms with Crippen molar-refractivity contribution in [1.82, 2.24) is 0 Å². The van der Waals surface area contributed by atoms with Crippen LogP contribution in [0.4, 0.5) is 11.4 Å². The predicted octanol–water partition coefficient (Wildman–Crippen LogP) is 4.96. The number of hydrogen-bond donors (Lipinski definition) is 2. The largest absolute Gasteiger partial charge is 0.504 e. The van der Waals surface area contributed by atoms with E-state index in [0.717, 1.165) is 11.4 Å². The maximum atomic E-state index is 13.5. The van der Waals surface area contributed by atoms with Crippen molar-refractivity contribution in [1.29, 1.82) is 0 Å². The van der Waals surface area contributed by atoms with E-state index in [1.165, 1.54) is 0 Å². The minimum Gasteiger partial charge on any atom is -0.504 e. The fourth-order valence-electron chi connectivity index (χ4n) is 3.64. The molecule has 1 atom stereocenters. The molecule has 154 valence electrons. The first-order valence-corrected chi connectivity index (χ1v) is 10.0. The highest BCUT2D eigenvalue weighted by molar-refractivity contribution is 6.12. The molecule has 30 heavy (non-hydrogen) atoms. The van der Waals surface area contributed by atoms with Crippen molar-refractivity contribution in [2.45, 2.75) is 20.0 Å². The van der Waals surface area contributed by atoms with Gasteiger partial charge in [0, 0.05) is 16.9 Å². The van der Waals surface area contributed by atoms with Gasteiger partial charge in [-0.1, -0.05) is 24.3 Å². The Morgan fingerprint density at radius 2 is 1.67 bits per heavy atom. The number of amides is 1. The van der Waals surface area contributed by atoms with E-state index >= 15 is 0 Å². The normalized spacial score (nSPS) is 15.3. The highest BCUT2D eigenvalue weighted by Crippen LogP contribution is 2.42. The number of carbonyl (C=O) groups is 1. The highest BCUT2D eigenvalue weighted by atomic mass is 16.5. The molecule has 0 aromatic heterocycles. The van der Waals surface area contributed by atoms with Gasteiger partial charge in [-0.05, 0) is 56.3 Å². The first kappa shape index (κ1) is 19.6. The molecule has 6 heteroatoms. The number of aromatic hydroxyl groups is 1. The summed E-state index contributed by atoms with van der Waals surface area (Å²) in [5.41, 5.74) is 2.54. The monoisotopic (exact) mass is 404 g/mol. The third-order valence-corrected chi connectivity index (χ3v) is 4.98. The smallest absolute Gasteiger partial charge is 0.262 e. The Morgan fingerprint density at radius 3 is 2.40 bits per heavy atom. The SMILES string of the molecule is CCOc1ccc(N2C(=O)c3ccccc3N[C@H]2c2cccc(OCC)c2O)cc1. The highest BCUT2D eigenvalue weighted by Gasteiger charge is 2.35. The predicted molar refractivity (Wildman–Crippen MR) is 117 cm³/mol. The summed E-state index contributed by atoms with van der Waals surface area (Å²) in [6.45, 7) is 4.78. The van der Waals surface area contributed by atoms with Crippen LogP contribution in [0, 0.1) is 0 Å². The zero-order chi connectivity index (χ0) is 21.1. The second kappa shape index (κ2) is 8.37. The molecule has 3 aromatic rings. The maximum Gasteiger partial charge on any atom is 0.262 e. The molecule has 2 N–H and O–H groups in total. The Morgan fingerprint density at radius 1 is 0.933 bits per heavy atom. The number of nitrogens with one attached hydrogen (secondary N) is 1. The maximum absolute atomic E-state index is 13.5. The van der Waals surface area contributed by atoms with Crippen LogP contribution in [0.1, 0.15) is 35.9 Å². The van der Waals surface area contributed by atoms with Crippen molar-refractivity contribution >= 4 is 17.3 Å². The van der Waals surface area contributed by atoms with Crippen LogP contribution in [-0.4, -0.2) is 24.2 Å². The van der Waals surface area contributed by atoms with Gasteiger partial charge in [0.1, 0.15) is 11.9 Å². The van der Waals surface area contributed by atoms with Gasteiger partial charge in [0.25, 0.3) is 5.91 Å². The van der Waals surface area contributed by atoms with Crippen LogP contribution >= 0.6 is 0 Å². The van der Waals surface area contributed by atoms with Gasteiger partial charge in [0.15, 0.2) is 11.5 Å². The van der Waals surface area contributed by atoms with E-state index in [-0.39, 0.29) is 11.7 Å². The molecule has 4 rings (SSSR count). The van der Waals surface area contributed by atoms with Crippen LogP contribution in [-0.2, 0) is 0 Å². The van der Waals surface area contributed by atoms with E-state index in [2.05, 4.69) is 5.32 Å². The Bertz CT molecular complexity index is 1050. The van der Waals surface area contributed by atoms with E-state index in [1.807, 2.05) is 62.4 Å². The van der Waals surface area contributed by atoms with Crippen molar-refractivity contribution in [3.8, 4) is 17.2 Å². The van der Waals surface area contributed by atoms with Gasteiger partial charge in [-0.2, -0.15) is 0 Å². The minimum atomic E-state index is -0.606. The van der Waals surface area contributed by atoms with Crippen molar-refractivity contribution in [2.75, 3.05) is 23.4 Å². The second-order valence-electron chi connectivity index (χ2n) is 6.82. The molecule has 0 saturated heterocycles. The molecule has 1 aliphatic rings. The molecule has 1 aliphatic heterocycles. The summed E-state index contributed by atoms with van der Waals surface area (Å²) in [4.78, 5) is 15.1. The first-order valence-electron chi connectivity index (χ1n) is 10.0. The summed E-state index contributed by atoms with van der Waals surface area (Å²) in [7, 11) is 0. The number of phenols is 1. The lowest BCUT2D eigenvalue weighted by atomic mass is 10.0. The fraction of sp³-hybridized carbons (Fsp3) is 0.208. The lowest BCUT2D eigenvalue weighted by Crippen LogP contribution is -2.43. The van der Waals surface area contributed by atoms with Gasteiger partial charge in [-0.15, -0.1) is 0 Å². The summed E-state index contributed by atoms with van der Waals surface area (Å²) in [6.07, 6.45) is -0.606. The van der Waals surface area contributed by atoms with Crippen LogP contribution in [0.5, 0.6) is 17.2 Å². The summed E-state index contributed by atoms with van der Waals surface area (Å²) in [6, 6.07) is 20.0. The lowest BCUT2D eigenvalue weighted by molar-refractivity contribution is 0.0974. The average Bonchev–Trinajstić information content (AvgIpc) is 2.76. The van der Waals surface area contributed by atoms with Crippen molar-refractivity contribution in [3.05, 3.63) is 77.9 Å². The van der Waals surface area contributed by atoms with Gasteiger partial charge in [0.2, 0.25) is 0 Å². The van der Waals surface area contributed by atoms with Crippen molar-refractivity contribution in [3.63, 3.8) is 0 Å². The van der Waals surface area contributed by atoms with Crippen molar-refractivity contribution in [2.24, 2.45) is 0 Å². The van der Waals surface area contributed by atoms with E-state index < -0.39 is 6.17 Å². The number of hydrogen-bond acceptors (Lipinski definition) is 5. The van der Waals surface area contributed by atoms with E-state index in [0.29, 0.717) is 35.8 Å². The average molecular weight is 404 g/mol. The minimum absolute atomic E-state index is 0.0139. The number of carbonyl (C=O) groups excluding carboxylic acids is 1. The number of para-hydroxylation sites is 2. The van der Waals surface area contributed by atoms with E-state index in [9.17, 15) is 9.90 Å². The molecule has 0 unspecified atom stereocenters. The molecule has 0 fully saturated rings. The number of nitrogens with zero attached hydrogens (tertiary/aromatic N) is 1. The van der Waals surface area contributed by atoms with Crippen molar-refractivity contribution < 1.29 is 19.4 Å². The zero-order valence-electron chi connectivity index (χ0n) is 17.0. The quantitative estimate of drug-likeness (QED) is 0.608.